The Morgan fingerprint density at radius 2 is 1.65 bits per heavy atom. The van der Waals surface area contributed by atoms with Gasteiger partial charge in [0.25, 0.3) is 0 Å². The van der Waals surface area contributed by atoms with Gasteiger partial charge in [0.05, 0.1) is 0 Å². The van der Waals surface area contributed by atoms with Crippen LogP contribution >= 0.6 is 0 Å². The van der Waals surface area contributed by atoms with Gasteiger partial charge in [-0.2, -0.15) is 0 Å². The summed E-state index contributed by atoms with van der Waals surface area (Å²) in [6.07, 6.45) is 5.29. The molecule has 2 rings (SSSR count). The van der Waals surface area contributed by atoms with E-state index in [-0.39, 0.29) is 0 Å². The van der Waals surface area contributed by atoms with Crippen molar-refractivity contribution in [2.24, 2.45) is 0 Å². The second kappa shape index (κ2) is 6.03. The number of phenolic OH excluding ortho intramolecular Hbond substituents is 1. The number of aliphatic hydroxyl groups is 2. The predicted octanol–water partition coefficient (Wildman–Crippen LogP) is 2.76. The van der Waals surface area contributed by atoms with Gasteiger partial charge in [0.2, 0.25) is 0 Å². The molecule has 0 aromatic heterocycles. The second-order valence-corrected chi connectivity index (χ2v) is 5.07. The molecule has 1 saturated carbocycles. The number of benzene rings is 1. The van der Waals surface area contributed by atoms with Crippen molar-refractivity contribution in [2.75, 3.05) is 0 Å². The molecule has 1 aliphatic rings. The number of phenols is 1. The molecule has 3 nitrogen and oxygen atoms in total. The molecule has 0 spiro atoms. The van der Waals surface area contributed by atoms with Crippen molar-refractivity contribution in [3.8, 4) is 5.75 Å². The number of hydrogen-bond donors (Lipinski definition) is 3. The first-order valence-electron chi connectivity index (χ1n) is 6.10. The van der Waals surface area contributed by atoms with Gasteiger partial charge in [0.15, 0.2) is 5.79 Å². The summed E-state index contributed by atoms with van der Waals surface area (Å²) in [7, 11) is 0. The first-order chi connectivity index (χ1) is 7.86. The van der Waals surface area contributed by atoms with Gasteiger partial charge < -0.3 is 15.3 Å². The lowest BCUT2D eigenvalue weighted by Crippen LogP contribution is -2.15. The van der Waals surface area contributed by atoms with Crippen molar-refractivity contribution in [1.29, 1.82) is 0 Å². The molecular weight excluding hydrogens is 216 g/mol. The zero-order valence-corrected chi connectivity index (χ0v) is 10.6. The molecule has 0 atom stereocenters. The van der Waals surface area contributed by atoms with Gasteiger partial charge in [-0.15, -0.1) is 0 Å². The van der Waals surface area contributed by atoms with E-state index in [1.54, 1.807) is 6.07 Å². The van der Waals surface area contributed by atoms with Crippen LogP contribution in [0.25, 0.3) is 0 Å². The van der Waals surface area contributed by atoms with Crippen LogP contribution in [0, 0.1) is 0 Å². The van der Waals surface area contributed by atoms with Crippen LogP contribution in [0.4, 0.5) is 0 Å². The van der Waals surface area contributed by atoms with Crippen LogP contribution in [0.2, 0.25) is 0 Å². The zero-order chi connectivity index (χ0) is 12.9. The molecule has 0 aliphatic heterocycles. The minimum Gasteiger partial charge on any atom is -0.508 e. The first kappa shape index (κ1) is 14.0. The molecule has 1 aromatic carbocycles. The molecule has 3 N–H and O–H groups in total. The Hall–Kier alpha value is -1.06. The first-order valence-corrected chi connectivity index (χ1v) is 6.10. The molecule has 1 fully saturated rings. The number of rotatable bonds is 1. The normalized spacial score (nSPS) is 16.5. The third kappa shape index (κ3) is 6.29. The van der Waals surface area contributed by atoms with Crippen molar-refractivity contribution in [3.05, 3.63) is 29.8 Å². The molecule has 0 unspecified atom stereocenters. The number of hydrogen-bond acceptors (Lipinski definition) is 3. The summed E-state index contributed by atoms with van der Waals surface area (Å²) >= 11 is 0. The minimum absolute atomic E-state index is 0.402. The molecule has 1 aliphatic carbocycles. The highest BCUT2D eigenvalue weighted by atomic mass is 16.5. The quantitative estimate of drug-likeness (QED) is 0.659. The Bertz CT molecular complexity index is 330. The highest BCUT2D eigenvalue weighted by Crippen LogP contribution is 2.34. The highest BCUT2D eigenvalue weighted by molar-refractivity contribution is 5.30. The summed E-state index contributed by atoms with van der Waals surface area (Å²) in [5.41, 5.74) is 1.31. The molecule has 3 heteroatoms. The highest BCUT2D eigenvalue weighted by Gasteiger charge is 2.16. The molecule has 0 bridgehead atoms. The van der Waals surface area contributed by atoms with Gasteiger partial charge in [-0.3, -0.25) is 0 Å². The molecule has 0 heterocycles. The molecule has 17 heavy (non-hydrogen) atoms. The lowest BCUT2D eigenvalue weighted by Gasteiger charge is -2.08. The van der Waals surface area contributed by atoms with Crippen molar-refractivity contribution < 1.29 is 15.3 Å². The van der Waals surface area contributed by atoms with Crippen molar-refractivity contribution in [2.45, 2.75) is 51.2 Å². The molecule has 0 amide bonds. The summed E-state index contributed by atoms with van der Waals surface area (Å²) in [5, 5.41) is 25.4. The molecule has 0 saturated heterocycles. The van der Waals surface area contributed by atoms with Gasteiger partial charge in [-0.25, -0.2) is 0 Å². The van der Waals surface area contributed by atoms with Crippen LogP contribution in [0.5, 0.6) is 5.75 Å². The molecule has 0 radical (unpaired) electrons. The summed E-state index contributed by atoms with van der Waals surface area (Å²) in [6, 6.07) is 7.69. The van der Waals surface area contributed by atoms with Gasteiger partial charge >= 0.3 is 0 Å². The predicted molar refractivity (Wildman–Crippen MR) is 67.8 cm³/mol. The minimum atomic E-state index is -1.50. The van der Waals surface area contributed by atoms with Crippen molar-refractivity contribution >= 4 is 0 Å². The van der Waals surface area contributed by atoms with Crippen LogP contribution in [-0.2, 0) is 0 Å². The van der Waals surface area contributed by atoms with Crippen LogP contribution in [0.3, 0.4) is 0 Å². The fourth-order valence-corrected chi connectivity index (χ4v) is 2.04. The largest absolute Gasteiger partial charge is 0.508 e. The third-order valence-corrected chi connectivity index (χ3v) is 2.70. The molecule has 96 valence electrons. The van der Waals surface area contributed by atoms with Crippen LogP contribution in [0.1, 0.15) is 51.0 Å². The van der Waals surface area contributed by atoms with Gasteiger partial charge in [-0.1, -0.05) is 25.0 Å². The third-order valence-electron chi connectivity index (χ3n) is 2.70. The standard InChI is InChI=1S/C11H14O.C3H8O2/c12-11-7-3-6-10(8-11)9-4-1-2-5-9;1-3(2,4)5/h3,6-9,12H,1-2,4-5H2;4-5H,1-2H3. The maximum Gasteiger partial charge on any atom is 0.156 e. The van der Waals surface area contributed by atoms with Gasteiger partial charge in [-0.05, 0) is 50.3 Å². The summed E-state index contributed by atoms with van der Waals surface area (Å²) in [5.74, 6) is -0.392. The van der Waals surface area contributed by atoms with E-state index in [0.29, 0.717) is 11.7 Å². The van der Waals surface area contributed by atoms with Gasteiger partial charge in [0, 0.05) is 0 Å². The summed E-state index contributed by atoms with van der Waals surface area (Å²) in [6.45, 7) is 2.60. The lowest BCUT2D eigenvalue weighted by molar-refractivity contribution is -0.127. The summed E-state index contributed by atoms with van der Waals surface area (Å²) in [4.78, 5) is 0. The maximum absolute atomic E-state index is 9.27. The Kier molecular flexibility index (Phi) is 4.97. The molecule has 1 aromatic rings. The topological polar surface area (TPSA) is 60.7 Å². The second-order valence-electron chi connectivity index (χ2n) is 5.07. The fourth-order valence-electron chi connectivity index (χ4n) is 2.04. The fraction of sp³-hybridized carbons (Fsp3) is 0.571. The van der Waals surface area contributed by atoms with E-state index in [2.05, 4.69) is 6.07 Å². The van der Waals surface area contributed by atoms with E-state index in [9.17, 15) is 5.11 Å². The van der Waals surface area contributed by atoms with E-state index in [4.69, 9.17) is 10.2 Å². The van der Waals surface area contributed by atoms with Crippen molar-refractivity contribution in [1.82, 2.24) is 0 Å². The van der Waals surface area contributed by atoms with E-state index in [0.717, 1.165) is 0 Å². The van der Waals surface area contributed by atoms with Crippen LogP contribution in [-0.4, -0.2) is 21.1 Å². The average Bonchev–Trinajstić information content (AvgIpc) is 2.67. The summed E-state index contributed by atoms with van der Waals surface area (Å²) < 4.78 is 0. The average molecular weight is 238 g/mol. The Morgan fingerprint density at radius 3 is 2.12 bits per heavy atom. The van der Waals surface area contributed by atoms with Crippen LogP contribution < -0.4 is 0 Å². The van der Waals surface area contributed by atoms with E-state index in [1.165, 1.54) is 45.1 Å². The smallest absolute Gasteiger partial charge is 0.156 e. The Morgan fingerprint density at radius 1 is 1.12 bits per heavy atom. The SMILES string of the molecule is CC(C)(O)O.Oc1cccc(C2CCCC2)c1. The Balaban J connectivity index is 0.000000249. The lowest BCUT2D eigenvalue weighted by atomic mass is 9.98. The van der Waals surface area contributed by atoms with E-state index >= 15 is 0 Å². The molecular formula is C14H22O3. The van der Waals surface area contributed by atoms with E-state index < -0.39 is 5.79 Å². The zero-order valence-electron chi connectivity index (χ0n) is 10.6. The maximum atomic E-state index is 9.27. The number of aromatic hydroxyl groups is 1. The van der Waals surface area contributed by atoms with Gasteiger partial charge in [0.1, 0.15) is 5.75 Å². The van der Waals surface area contributed by atoms with Crippen LogP contribution in [0.15, 0.2) is 24.3 Å². The van der Waals surface area contributed by atoms with Crippen molar-refractivity contribution in [3.63, 3.8) is 0 Å². The monoisotopic (exact) mass is 238 g/mol. The van der Waals surface area contributed by atoms with E-state index in [1.807, 2.05) is 12.1 Å². The Labute approximate surface area is 103 Å².